The minimum Gasteiger partial charge on any atom is -0.379 e. The molecule has 0 spiro atoms. The molecule has 2 nitrogen and oxygen atoms in total. The summed E-state index contributed by atoms with van der Waals surface area (Å²) in [7, 11) is 2.00. The van der Waals surface area contributed by atoms with E-state index in [9.17, 15) is 4.39 Å². The average molecular weight is 243 g/mol. The molecule has 0 unspecified atom stereocenters. The first-order valence-corrected chi connectivity index (χ1v) is 5.97. The fourth-order valence-corrected chi connectivity index (χ4v) is 1.54. The molecule has 0 aliphatic heterocycles. The molecule has 0 N–H and O–H groups in total. The lowest BCUT2D eigenvalue weighted by molar-refractivity contribution is 0.122. The number of hydrogen-bond acceptors (Lipinski definition) is 3. The van der Waals surface area contributed by atoms with E-state index in [1.807, 2.05) is 13.1 Å². The third-order valence-electron chi connectivity index (χ3n) is 2.19. The molecule has 0 aliphatic carbocycles. The topological polar surface area (TPSA) is 12.5 Å². The second-order valence-corrected chi connectivity index (χ2v) is 4.15. The van der Waals surface area contributed by atoms with E-state index in [0.717, 1.165) is 24.4 Å². The molecule has 0 saturated heterocycles. The van der Waals surface area contributed by atoms with Crippen LogP contribution in [0.25, 0.3) is 0 Å². The van der Waals surface area contributed by atoms with Crippen LogP contribution in [0.15, 0.2) is 24.3 Å². The quantitative estimate of drug-likeness (QED) is 0.582. The van der Waals surface area contributed by atoms with Crippen LogP contribution in [0.1, 0.15) is 5.56 Å². The van der Waals surface area contributed by atoms with E-state index in [4.69, 9.17) is 4.74 Å². The monoisotopic (exact) mass is 243 g/mol. The third-order valence-corrected chi connectivity index (χ3v) is 2.38. The maximum atomic E-state index is 12.9. The van der Waals surface area contributed by atoms with Gasteiger partial charge in [0, 0.05) is 18.8 Å². The molecule has 0 fully saturated rings. The van der Waals surface area contributed by atoms with E-state index in [1.165, 1.54) is 6.07 Å². The van der Waals surface area contributed by atoms with Gasteiger partial charge in [-0.15, -0.1) is 0 Å². The van der Waals surface area contributed by atoms with Crippen LogP contribution in [0.4, 0.5) is 4.39 Å². The number of ether oxygens (including phenoxy) is 1. The van der Waals surface area contributed by atoms with Gasteiger partial charge in [0.1, 0.15) is 5.82 Å². The number of hydrogen-bond donors (Lipinski definition) is 1. The van der Waals surface area contributed by atoms with E-state index in [1.54, 1.807) is 12.1 Å². The third kappa shape index (κ3) is 5.49. The van der Waals surface area contributed by atoms with Crippen molar-refractivity contribution < 1.29 is 9.13 Å². The van der Waals surface area contributed by atoms with Crippen molar-refractivity contribution in [2.24, 2.45) is 0 Å². The highest BCUT2D eigenvalue weighted by Gasteiger charge is 2.01. The van der Waals surface area contributed by atoms with Gasteiger partial charge in [0.25, 0.3) is 0 Å². The molecule has 1 rings (SSSR count). The summed E-state index contributed by atoms with van der Waals surface area (Å²) in [5.74, 6) is 0.561. The van der Waals surface area contributed by atoms with Crippen LogP contribution in [0.3, 0.4) is 0 Å². The van der Waals surface area contributed by atoms with Crippen molar-refractivity contribution in [2.75, 3.05) is 32.6 Å². The maximum Gasteiger partial charge on any atom is 0.123 e. The summed E-state index contributed by atoms with van der Waals surface area (Å²) in [6.45, 7) is 2.94. The van der Waals surface area contributed by atoms with Crippen LogP contribution in [-0.2, 0) is 11.3 Å². The summed E-state index contributed by atoms with van der Waals surface area (Å²) in [5.41, 5.74) is 0.983. The molecule has 0 aromatic heterocycles. The molecule has 0 amide bonds. The van der Waals surface area contributed by atoms with E-state index in [-0.39, 0.29) is 5.82 Å². The lowest BCUT2D eigenvalue weighted by atomic mass is 10.2. The normalized spacial score (nSPS) is 11.0. The van der Waals surface area contributed by atoms with Crippen molar-refractivity contribution >= 4 is 12.6 Å². The summed E-state index contributed by atoms with van der Waals surface area (Å²) in [6, 6.07) is 6.68. The second-order valence-electron chi connectivity index (χ2n) is 3.70. The lowest BCUT2D eigenvalue weighted by Crippen LogP contribution is -2.23. The number of benzene rings is 1. The SMILES string of the molecule is CN(CCOCCS)Cc1cccc(F)c1. The average Bonchev–Trinajstić information content (AvgIpc) is 2.24. The summed E-state index contributed by atoms with van der Waals surface area (Å²) < 4.78 is 18.2. The van der Waals surface area contributed by atoms with Gasteiger partial charge in [0.2, 0.25) is 0 Å². The molecule has 1 aromatic rings. The zero-order valence-electron chi connectivity index (χ0n) is 9.53. The highest BCUT2D eigenvalue weighted by molar-refractivity contribution is 7.80. The van der Waals surface area contributed by atoms with Crippen molar-refractivity contribution in [2.45, 2.75) is 6.54 Å². The Balaban J connectivity index is 2.25. The Kier molecular flexibility index (Phi) is 6.45. The van der Waals surface area contributed by atoms with Gasteiger partial charge < -0.3 is 4.74 Å². The molecule has 4 heteroatoms. The van der Waals surface area contributed by atoms with Gasteiger partial charge in [-0.25, -0.2) is 4.39 Å². The van der Waals surface area contributed by atoms with E-state index >= 15 is 0 Å². The molecular weight excluding hydrogens is 225 g/mol. The highest BCUT2D eigenvalue weighted by Crippen LogP contribution is 2.05. The van der Waals surface area contributed by atoms with Crippen LogP contribution < -0.4 is 0 Å². The number of thiol groups is 1. The first-order chi connectivity index (χ1) is 7.72. The predicted molar refractivity (Wildman–Crippen MR) is 67.4 cm³/mol. The van der Waals surface area contributed by atoms with Crippen LogP contribution in [-0.4, -0.2) is 37.5 Å². The van der Waals surface area contributed by atoms with Crippen molar-refractivity contribution in [3.63, 3.8) is 0 Å². The first kappa shape index (κ1) is 13.5. The number of halogens is 1. The summed E-state index contributed by atoms with van der Waals surface area (Å²) in [6.07, 6.45) is 0. The number of nitrogens with zero attached hydrogens (tertiary/aromatic N) is 1. The van der Waals surface area contributed by atoms with Crippen LogP contribution in [0.2, 0.25) is 0 Å². The summed E-state index contributed by atoms with van der Waals surface area (Å²) in [4.78, 5) is 2.10. The lowest BCUT2D eigenvalue weighted by Gasteiger charge is -2.16. The Morgan fingerprint density at radius 1 is 1.38 bits per heavy atom. The van der Waals surface area contributed by atoms with Crippen molar-refractivity contribution in [3.05, 3.63) is 35.6 Å². The zero-order valence-corrected chi connectivity index (χ0v) is 10.4. The number of likely N-dealkylation sites (N-methyl/N-ethyl adjacent to an activating group) is 1. The molecule has 0 radical (unpaired) electrons. The smallest absolute Gasteiger partial charge is 0.123 e. The summed E-state index contributed by atoms with van der Waals surface area (Å²) >= 11 is 4.06. The first-order valence-electron chi connectivity index (χ1n) is 5.34. The van der Waals surface area contributed by atoms with Crippen LogP contribution in [0, 0.1) is 5.82 Å². The second kappa shape index (κ2) is 7.65. The van der Waals surface area contributed by atoms with Crippen molar-refractivity contribution in [1.82, 2.24) is 4.90 Å². The van der Waals surface area contributed by atoms with Gasteiger partial charge in [-0.05, 0) is 24.7 Å². The number of rotatable bonds is 7. The largest absolute Gasteiger partial charge is 0.379 e. The Bertz CT molecular complexity index is 309. The molecule has 90 valence electrons. The zero-order chi connectivity index (χ0) is 11.8. The Morgan fingerprint density at radius 2 is 2.19 bits per heavy atom. The van der Waals surface area contributed by atoms with Crippen molar-refractivity contribution in [3.8, 4) is 0 Å². The van der Waals surface area contributed by atoms with Gasteiger partial charge in [0.05, 0.1) is 13.2 Å². The van der Waals surface area contributed by atoms with Gasteiger partial charge in [-0.1, -0.05) is 12.1 Å². The Morgan fingerprint density at radius 3 is 2.88 bits per heavy atom. The fraction of sp³-hybridized carbons (Fsp3) is 0.500. The Hall–Kier alpha value is -0.580. The molecule has 0 atom stereocenters. The molecule has 1 aromatic carbocycles. The molecule has 0 bridgehead atoms. The van der Waals surface area contributed by atoms with Gasteiger partial charge in [-0.3, -0.25) is 4.90 Å². The van der Waals surface area contributed by atoms with Gasteiger partial charge >= 0.3 is 0 Å². The fourth-order valence-electron chi connectivity index (χ4n) is 1.41. The van der Waals surface area contributed by atoms with Gasteiger partial charge in [0.15, 0.2) is 0 Å². The van der Waals surface area contributed by atoms with E-state index in [2.05, 4.69) is 17.5 Å². The minimum atomic E-state index is -0.183. The standard InChI is InChI=1S/C12H18FNOS/c1-14(5-6-15-7-8-16)10-11-3-2-4-12(13)9-11/h2-4,9,16H,5-8,10H2,1H3. The minimum absolute atomic E-state index is 0.183. The molecule has 0 saturated carbocycles. The molecule has 16 heavy (non-hydrogen) atoms. The molecule has 0 heterocycles. The van der Waals surface area contributed by atoms with Gasteiger partial charge in [-0.2, -0.15) is 12.6 Å². The summed E-state index contributed by atoms with van der Waals surface area (Å²) in [5, 5.41) is 0. The molecular formula is C12H18FNOS. The van der Waals surface area contributed by atoms with Crippen LogP contribution >= 0.6 is 12.6 Å². The molecule has 0 aliphatic rings. The highest BCUT2D eigenvalue weighted by atomic mass is 32.1. The predicted octanol–water partition coefficient (Wildman–Crippen LogP) is 2.20. The maximum absolute atomic E-state index is 12.9. The van der Waals surface area contributed by atoms with Crippen molar-refractivity contribution in [1.29, 1.82) is 0 Å². The van der Waals surface area contributed by atoms with E-state index < -0.39 is 0 Å². The Labute approximate surface area is 102 Å². The van der Waals surface area contributed by atoms with Crippen LogP contribution in [0.5, 0.6) is 0 Å². The van der Waals surface area contributed by atoms with E-state index in [0.29, 0.717) is 13.2 Å².